The Balaban J connectivity index is 1.80. The number of carbonyl (C=O) groups is 1. The number of thioether (sulfide) groups is 1. The molecular weight excluding hydrogens is 248 g/mol. The normalized spacial score (nSPS) is 18.0. The maximum absolute atomic E-state index is 12.3. The van der Waals surface area contributed by atoms with Gasteiger partial charge in [-0.25, -0.2) is 0 Å². The monoisotopic (exact) mass is 260 g/mol. The molecule has 0 fully saturated rings. The lowest BCUT2D eigenvalue weighted by atomic mass is 9.95. The van der Waals surface area contributed by atoms with Crippen LogP contribution < -0.4 is 0 Å². The second kappa shape index (κ2) is 4.67. The van der Waals surface area contributed by atoms with E-state index in [-0.39, 0.29) is 5.92 Å². The van der Waals surface area contributed by atoms with Crippen LogP contribution in [0, 0.1) is 0 Å². The molecule has 0 amide bonds. The molecule has 0 saturated carbocycles. The molecule has 3 rings (SSSR count). The molecule has 17 heavy (non-hydrogen) atoms. The van der Waals surface area contributed by atoms with Crippen LogP contribution >= 0.6 is 23.1 Å². The lowest BCUT2D eigenvalue weighted by Crippen LogP contribution is -2.14. The van der Waals surface area contributed by atoms with Crippen LogP contribution in [0.2, 0.25) is 0 Å². The van der Waals surface area contributed by atoms with Crippen molar-refractivity contribution in [3.63, 3.8) is 0 Å². The van der Waals surface area contributed by atoms with Crippen LogP contribution in [-0.4, -0.2) is 11.5 Å². The van der Waals surface area contributed by atoms with E-state index in [1.54, 1.807) is 23.1 Å². The van der Waals surface area contributed by atoms with E-state index in [1.807, 2.05) is 29.6 Å². The van der Waals surface area contributed by atoms with Crippen LogP contribution in [-0.2, 0) is 11.2 Å². The maximum Gasteiger partial charge on any atom is 0.146 e. The Kier molecular flexibility index (Phi) is 3.04. The summed E-state index contributed by atoms with van der Waals surface area (Å²) < 4.78 is 0. The minimum atomic E-state index is 0.0956. The van der Waals surface area contributed by atoms with Crippen LogP contribution in [0.25, 0.3) is 0 Å². The number of hydrogen-bond acceptors (Lipinski definition) is 3. The third-order valence-electron chi connectivity index (χ3n) is 3.02. The summed E-state index contributed by atoms with van der Waals surface area (Å²) in [4.78, 5) is 14.7. The smallest absolute Gasteiger partial charge is 0.146 e. The highest BCUT2D eigenvalue weighted by molar-refractivity contribution is 7.99. The van der Waals surface area contributed by atoms with Crippen molar-refractivity contribution >= 4 is 28.9 Å². The molecule has 1 aromatic carbocycles. The van der Waals surface area contributed by atoms with Gasteiger partial charge in [0.05, 0.1) is 5.92 Å². The van der Waals surface area contributed by atoms with Gasteiger partial charge in [0.25, 0.3) is 0 Å². The molecule has 2 heterocycles. The van der Waals surface area contributed by atoms with Crippen LogP contribution in [0.15, 0.2) is 46.7 Å². The summed E-state index contributed by atoms with van der Waals surface area (Å²) in [6, 6.07) is 12.3. The average molecular weight is 260 g/mol. The fourth-order valence-corrected chi connectivity index (χ4v) is 4.12. The van der Waals surface area contributed by atoms with Crippen LogP contribution in [0.1, 0.15) is 16.4 Å². The first-order valence-corrected chi connectivity index (χ1v) is 7.48. The number of carbonyl (C=O) groups excluding carboxylic acids is 1. The van der Waals surface area contributed by atoms with Gasteiger partial charge in [-0.3, -0.25) is 4.79 Å². The number of thiophene rings is 1. The first-order chi connectivity index (χ1) is 8.34. The fraction of sp³-hybridized carbons (Fsp3) is 0.214. The second-order valence-corrected chi connectivity index (χ2v) is 6.22. The van der Waals surface area contributed by atoms with Gasteiger partial charge in [-0.05, 0) is 23.1 Å². The lowest BCUT2D eigenvalue weighted by Gasteiger charge is -2.08. The number of hydrogen-bond donors (Lipinski definition) is 0. The van der Waals surface area contributed by atoms with Gasteiger partial charge in [0.2, 0.25) is 0 Å². The average Bonchev–Trinajstić information content (AvgIpc) is 2.96. The minimum Gasteiger partial charge on any atom is -0.299 e. The van der Waals surface area contributed by atoms with Crippen LogP contribution in [0.4, 0.5) is 0 Å². The minimum absolute atomic E-state index is 0.0956. The van der Waals surface area contributed by atoms with Crippen LogP contribution in [0.3, 0.4) is 0 Å². The molecule has 1 atom stereocenters. The molecule has 1 aliphatic heterocycles. The molecule has 3 heteroatoms. The predicted molar refractivity (Wildman–Crippen MR) is 72.9 cm³/mol. The summed E-state index contributed by atoms with van der Waals surface area (Å²) in [5.41, 5.74) is 1.22. The molecular formula is C14H12OS2. The Morgan fingerprint density at radius 2 is 2.12 bits per heavy atom. The zero-order chi connectivity index (χ0) is 11.7. The van der Waals surface area contributed by atoms with Crippen molar-refractivity contribution in [1.29, 1.82) is 0 Å². The van der Waals surface area contributed by atoms with E-state index in [2.05, 4.69) is 12.1 Å². The number of Topliss-reactive ketones (excluding diaryl/α,β-unsaturated/α-hetero) is 1. The first kappa shape index (κ1) is 11.1. The number of ketones is 1. The van der Waals surface area contributed by atoms with E-state index in [4.69, 9.17) is 0 Å². The van der Waals surface area contributed by atoms with Crippen molar-refractivity contribution < 1.29 is 4.79 Å². The Labute approximate surface area is 109 Å². The molecule has 1 unspecified atom stereocenters. The molecule has 0 spiro atoms. The van der Waals surface area contributed by atoms with Crippen molar-refractivity contribution in [2.24, 2.45) is 0 Å². The SMILES string of the molecule is O=C(Cc1cccs1)C1CSc2ccccc21. The summed E-state index contributed by atoms with van der Waals surface area (Å²) in [5, 5.41) is 2.03. The van der Waals surface area contributed by atoms with Gasteiger partial charge in [0, 0.05) is 21.9 Å². The second-order valence-electron chi connectivity index (χ2n) is 4.12. The summed E-state index contributed by atoms with van der Waals surface area (Å²) in [7, 11) is 0. The zero-order valence-electron chi connectivity index (χ0n) is 9.26. The first-order valence-electron chi connectivity index (χ1n) is 5.61. The van der Waals surface area contributed by atoms with E-state index in [0.29, 0.717) is 12.2 Å². The van der Waals surface area contributed by atoms with Gasteiger partial charge in [-0.15, -0.1) is 23.1 Å². The lowest BCUT2D eigenvalue weighted by molar-refractivity contribution is -0.119. The standard InChI is InChI=1S/C14H12OS2/c15-13(8-10-4-3-7-16-10)12-9-17-14-6-2-1-5-11(12)14/h1-7,12H,8-9H2. The van der Waals surface area contributed by atoms with Gasteiger partial charge in [-0.2, -0.15) is 0 Å². The highest BCUT2D eigenvalue weighted by Crippen LogP contribution is 2.40. The molecule has 1 nitrogen and oxygen atoms in total. The molecule has 0 saturated heterocycles. The van der Waals surface area contributed by atoms with Crippen molar-refractivity contribution in [2.45, 2.75) is 17.2 Å². The highest BCUT2D eigenvalue weighted by Gasteiger charge is 2.28. The van der Waals surface area contributed by atoms with Gasteiger partial charge in [0.15, 0.2) is 0 Å². The maximum atomic E-state index is 12.3. The summed E-state index contributed by atoms with van der Waals surface area (Å²) in [5.74, 6) is 1.35. The molecule has 1 aromatic heterocycles. The molecule has 0 aliphatic carbocycles. The molecule has 0 radical (unpaired) electrons. The summed E-state index contributed by atoms with van der Waals surface area (Å²) >= 11 is 3.46. The van der Waals surface area contributed by atoms with Crippen molar-refractivity contribution in [3.8, 4) is 0 Å². The van der Waals surface area contributed by atoms with Gasteiger partial charge < -0.3 is 0 Å². The Morgan fingerprint density at radius 1 is 1.24 bits per heavy atom. The van der Waals surface area contributed by atoms with E-state index >= 15 is 0 Å². The molecule has 2 aromatic rings. The largest absolute Gasteiger partial charge is 0.299 e. The number of fused-ring (bicyclic) bond motifs is 1. The zero-order valence-corrected chi connectivity index (χ0v) is 10.9. The Hall–Kier alpha value is -1.06. The van der Waals surface area contributed by atoms with E-state index in [1.165, 1.54) is 15.3 Å². The van der Waals surface area contributed by atoms with Crippen molar-refractivity contribution in [2.75, 3.05) is 5.75 Å². The van der Waals surface area contributed by atoms with Crippen molar-refractivity contribution in [3.05, 3.63) is 52.2 Å². The topological polar surface area (TPSA) is 17.1 Å². The summed E-state index contributed by atoms with van der Waals surface area (Å²) in [6.07, 6.45) is 0.581. The van der Waals surface area contributed by atoms with Gasteiger partial charge in [0.1, 0.15) is 5.78 Å². The van der Waals surface area contributed by atoms with Gasteiger partial charge in [-0.1, -0.05) is 24.3 Å². The third kappa shape index (κ3) is 2.17. The third-order valence-corrected chi connectivity index (χ3v) is 5.08. The Bertz CT molecular complexity index is 531. The molecule has 86 valence electrons. The Morgan fingerprint density at radius 3 is 2.94 bits per heavy atom. The van der Waals surface area contributed by atoms with Crippen molar-refractivity contribution in [1.82, 2.24) is 0 Å². The number of rotatable bonds is 3. The van der Waals surface area contributed by atoms with E-state index in [0.717, 1.165) is 5.75 Å². The highest BCUT2D eigenvalue weighted by atomic mass is 32.2. The quantitative estimate of drug-likeness (QED) is 0.836. The fourth-order valence-electron chi connectivity index (χ4n) is 2.14. The molecule has 0 N–H and O–H groups in total. The van der Waals surface area contributed by atoms with E-state index < -0.39 is 0 Å². The summed E-state index contributed by atoms with van der Waals surface area (Å²) in [6.45, 7) is 0. The molecule has 0 bridgehead atoms. The van der Waals surface area contributed by atoms with E-state index in [9.17, 15) is 4.79 Å². The van der Waals surface area contributed by atoms with Gasteiger partial charge >= 0.3 is 0 Å². The van der Waals surface area contributed by atoms with Crippen LogP contribution in [0.5, 0.6) is 0 Å². The molecule has 1 aliphatic rings. The number of benzene rings is 1. The predicted octanol–water partition coefficient (Wildman–Crippen LogP) is 3.75.